The van der Waals surface area contributed by atoms with Crippen molar-refractivity contribution in [1.82, 2.24) is 9.80 Å². The molecule has 0 amide bonds. The van der Waals surface area contributed by atoms with Crippen LogP contribution in [0.15, 0.2) is 67.3 Å². The Morgan fingerprint density at radius 1 is 0.767 bits per heavy atom. The third-order valence-electron chi connectivity index (χ3n) is 10.3. The number of rotatable bonds is 12. The molecule has 2 aliphatic rings. The first kappa shape index (κ1) is 34.8. The summed E-state index contributed by atoms with van der Waals surface area (Å²) in [6, 6.07) is 9.13. The van der Waals surface area contributed by atoms with Crippen LogP contribution in [0.2, 0.25) is 0 Å². The Morgan fingerprint density at radius 2 is 1.14 bits per heavy atom. The minimum atomic E-state index is -1.95. The minimum absolute atomic E-state index is 0.0522. The molecule has 0 aromatic heterocycles. The summed E-state index contributed by atoms with van der Waals surface area (Å²) in [5.41, 5.74) is -0.468. The maximum atomic E-state index is 12.8. The average molecular weight is 593 g/mol. The van der Waals surface area contributed by atoms with Gasteiger partial charge in [0.2, 0.25) is 0 Å². The first-order valence-corrected chi connectivity index (χ1v) is 15.8. The number of nitrogens with zero attached hydrogens (tertiary/aromatic N) is 2. The number of carboxylic acids is 2. The van der Waals surface area contributed by atoms with Crippen LogP contribution < -0.4 is 0 Å². The van der Waals surface area contributed by atoms with Crippen molar-refractivity contribution in [2.45, 2.75) is 116 Å². The number of benzene rings is 1. The second kappa shape index (κ2) is 12.7. The Balaban J connectivity index is 2.15. The molecular formula is C37H56N2O4. The van der Waals surface area contributed by atoms with Gasteiger partial charge in [-0.1, -0.05) is 54.1 Å². The van der Waals surface area contributed by atoms with Crippen molar-refractivity contribution in [3.8, 4) is 0 Å². The summed E-state index contributed by atoms with van der Waals surface area (Å²) in [7, 11) is 0. The summed E-state index contributed by atoms with van der Waals surface area (Å²) in [4.78, 5) is 30.7. The third kappa shape index (κ3) is 7.34. The van der Waals surface area contributed by atoms with E-state index in [1.165, 1.54) is 5.57 Å². The number of carboxylic acid groups (broad SMARTS) is 2. The molecule has 238 valence electrons. The number of likely N-dealkylation sites (tertiary alicyclic amines) is 2. The maximum Gasteiger partial charge on any atom is 0.321 e. The quantitative estimate of drug-likeness (QED) is 0.192. The van der Waals surface area contributed by atoms with Gasteiger partial charge in [-0.2, -0.15) is 0 Å². The summed E-state index contributed by atoms with van der Waals surface area (Å²) in [6.07, 6.45) is 9.52. The topological polar surface area (TPSA) is 81.1 Å². The average Bonchev–Trinajstić information content (AvgIpc) is 2.87. The van der Waals surface area contributed by atoms with Crippen LogP contribution in [-0.4, -0.2) is 67.2 Å². The van der Waals surface area contributed by atoms with Crippen LogP contribution in [0.3, 0.4) is 0 Å². The summed E-state index contributed by atoms with van der Waals surface area (Å²) in [5, 5.41) is 20.9. The number of carbonyl (C=O) groups is 2. The van der Waals surface area contributed by atoms with Crippen LogP contribution in [0.1, 0.15) is 93.1 Å². The lowest BCUT2D eigenvalue weighted by Crippen LogP contribution is -2.62. The van der Waals surface area contributed by atoms with E-state index in [-0.39, 0.29) is 46.8 Å². The fourth-order valence-electron chi connectivity index (χ4n) is 8.75. The van der Waals surface area contributed by atoms with Crippen LogP contribution in [0.25, 0.3) is 0 Å². The molecule has 1 aromatic rings. The van der Waals surface area contributed by atoms with Gasteiger partial charge in [-0.15, -0.1) is 13.2 Å². The zero-order valence-electron chi connectivity index (χ0n) is 27.9. The van der Waals surface area contributed by atoms with E-state index in [9.17, 15) is 19.8 Å². The lowest BCUT2D eigenvalue weighted by atomic mass is 9.63. The van der Waals surface area contributed by atoms with Crippen molar-refractivity contribution in [3.05, 3.63) is 72.9 Å². The highest BCUT2D eigenvalue weighted by atomic mass is 16.4. The first-order valence-electron chi connectivity index (χ1n) is 15.8. The summed E-state index contributed by atoms with van der Waals surface area (Å²) < 4.78 is 0. The number of piperidine rings is 2. The molecule has 0 unspecified atom stereocenters. The molecule has 0 bridgehead atoms. The Morgan fingerprint density at radius 3 is 1.47 bits per heavy atom. The molecule has 6 heteroatoms. The fourth-order valence-corrected chi connectivity index (χ4v) is 8.75. The minimum Gasteiger partial charge on any atom is -0.480 e. The standard InChI is InChI=1S/C37H56N2O4/c1-11-20-38-33(3,4)23-28(24-34(38,5)6)30(29-25-35(7,8)39(21-12-2)36(9,10)26-29)18-19-37(31(40)41,32(42)43)22-27-16-14-13-15-17-27/h11-18,28-29H,1-2,19-26H2,3-10H3,(H,40,41)(H,42,43). The Bertz CT molecular complexity index is 1110. The van der Waals surface area contributed by atoms with Crippen LogP contribution >= 0.6 is 0 Å². The number of hydrogen-bond acceptors (Lipinski definition) is 4. The lowest BCUT2D eigenvalue weighted by Gasteiger charge is -2.59. The molecule has 0 spiro atoms. The van der Waals surface area contributed by atoms with E-state index < -0.39 is 17.4 Å². The Hall–Kier alpha value is -2.70. The SMILES string of the molecule is C=CCN1C(C)(C)CC(C(=CCC(Cc2ccccc2)(C(=O)O)C(=O)O)C2CC(C)(C)N(CC=C)C(C)(C)C2)CC1(C)C. The molecule has 0 saturated carbocycles. The molecule has 3 rings (SSSR count). The van der Waals surface area contributed by atoms with E-state index in [2.05, 4.69) is 78.3 Å². The van der Waals surface area contributed by atoms with Crippen LogP contribution in [-0.2, 0) is 16.0 Å². The monoisotopic (exact) mass is 592 g/mol. The molecule has 6 nitrogen and oxygen atoms in total. The number of allylic oxidation sites excluding steroid dienone is 2. The highest BCUT2D eigenvalue weighted by molar-refractivity contribution is 5.98. The van der Waals surface area contributed by atoms with Crippen molar-refractivity contribution in [1.29, 1.82) is 0 Å². The van der Waals surface area contributed by atoms with Crippen LogP contribution in [0.5, 0.6) is 0 Å². The normalized spacial score (nSPS) is 22.4. The van der Waals surface area contributed by atoms with E-state index in [1.54, 1.807) is 0 Å². The van der Waals surface area contributed by atoms with Gasteiger partial charge in [-0.3, -0.25) is 19.4 Å². The molecule has 2 heterocycles. The van der Waals surface area contributed by atoms with Gasteiger partial charge in [0.25, 0.3) is 0 Å². The van der Waals surface area contributed by atoms with Gasteiger partial charge >= 0.3 is 11.9 Å². The van der Waals surface area contributed by atoms with Crippen molar-refractivity contribution in [2.24, 2.45) is 17.3 Å². The largest absolute Gasteiger partial charge is 0.480 e. The highest BCUT2D eigenvalue weighted by Crippen LogP contribution is 2.51. The van der Waals surface area contributed by atoms with Gasteiger partial charge in [0.05, 0.1) is 0 Å². The van der Waals surface area contributed by atoms with E-state index in [1.807, 2.05) is 48.6 Å². The number of aliphatic carboxylic acids is 2. The van der Waals surface area contributed by atoms with E-state index in [4.69, 9.17) is 0 Å². The van der Waals surface area contributed by atoms with Crippen molar-refractivity contribution in [2.75, 3.05) is 13.1 Å². The summed E-state index contributed by atoms with van der Waals surface area (Å²) in [5.74, 6) is -2.18. The highest BCUT2D eigenvalue weighted by Gasteiger charge is 2.51. The maximum absolute atomic E-state index is 12.8. The van der Waals surface area contributed by atoms with Gasteiger partial charge in [0.1, 0.15) is 0 Å². The zero-order valence-corrected chi connectivity index (χ0v) is 27.9. The third-order valence-corrected chi connectivity index (χ3v) is 10.3. The van der Waals surface area contributed by atoms with E-state index >= 15 is 0 Å². The first-order chi connectivity index (χ1) is 19.8. The zero-order chi connectivity index (χ0) is 32.4. The molecule has 0 aliphatic carbocycles. The summed E-state index contributed by atoms with van der Waals surface area (Å²) >= 11 is 0. The van der Waals surface area contributed by atoms with Gasteiger partial charge in [0, 0.05) is 35.2 Å². The molecule has 2 N–H and O–H groups in total. The second-order valence-corrected chi connectivity index (χ2v) is 15.5. The van der Waals surface area contributed by atoms with Crippen LogP contribution in [0.4, 0.5) is 0 Å². The second-order valence-electron chi connectivity index (χ2n) is 15.5. The number of hydrogen-bond donors (Lipinski definition) is 2. The van der Waals surface area contributed by atoms with Crippen LogP contribution in [0, 0.1) is 17.3 Å². The lowest BCUT2D eigenvalue weighted by molar-refractivity contribution is -0.164. The van der Waals surface area contributed by atoms with Crippen molar-refractivity contribution >= 4 is 11.9 Å². The van der Waals surface area contributed by atoms with Gasteiger partial charge in [-0.25, -0.2) is 0 Å². The molecule has 0 atom stereocenters. The molecule has 1 aromatic carbocycles. The van der Waals surface area contributed by atoms with Gasteiger partial charge < -0.3 is 10.2 Å². The van der Waals surface area contributed by atoms with Gasteiger partial charge in [-0.05, 0) is 111 Å². The smallest absolute Gasteiger partial charge is 0.321 e. The fraction of sp³-hybridized carbons (Fsp3) is 0.622. The summed E-state index contributed by atoms with van der Waals surface area (Å²) in [6.45, 7) is 27.9. The Kier molecular flexibility index (Phi) is 10.3. The Labute approximate surface area is 260 Å². The molecule has 2 aliphatic heterocycles. The van der Waals surface area contributed by atoms with E-state index in [0.717, 1.165) is 38.8 Å². The predicted molar refractivity (Wildman–Crippen MR) is 176 cm³/mol. The molecule has 0 radical (unpaired) electrons. The molecule has 2 fully saturated rings. The molecular weight excluding hydrogens is 536 g/mol. The van der Waals surface area contributed by atoms with Crippen molar-refractivity contribution < 1.29 is 19.8 Å². The predicted octanol–water partition coefficient (Wildman–Crippen LogP) is 7.61. The molecule has 43 heavy (non-hydrogen) atoms. The van der Waals surface area contributed by atoms with E-state index in [0.29, 0.717) is 5.56 Å². The van der Waals surface area contributed by atoms with Crippen molar-refractivity contribution in [3.63, 3.8) is 0 Å². The molecule has 2 saturated heterocycles. The van der Waals surface area contributed by atoms with Gasteiger partial charge in [0.15, 0.2) is 5.41 Å².